The molecule has 0 saturated carbocycles. The van der Waals surface area contributed by atoms with E-state index in [1.54, 1.807) is 7.11 Å². The van der Waals surface area contributed by atoms with Crippen molar-refractivity contribution in [1.82, 2.24) is 10.2 Å². The van der Waals surface area contributed by atoms with Gasteiger partial charge in [-0.05, 0) is 23.8 Å². The summed E-state index contributed by atoms with van der Waals surface area (Å²) in [6.07, 6.45) is 0.336. The van der Waals surface area contributed by atoms with Gasteiger partial charge in [-0.15, -0.1) is 12.4 Å². The lowest BCUT2D eigenvalue weighted by Crippen LogP contribution is -2.49. The van der Waals surface area contributed by atoms with E-state index in [1.165, 1.54) is 0 Å². The van der Waals surface area contributed by atoms with Crippen molar-refractivity contribution in [2.45, 2.75) is 12.5 Å². The molecule has 2 aliphatic rings. The zero-order valence-electron chi connectivity index (χ0n) is 15.8. The third-order valence-corrected chi connectivity index (χ3v) is 5.02. The lowest BCUT2D eigenvalue weighted by atomic mass is 10.0. The van der Waals surface area contributed by atoms with Crippen LogP contribution in [0.5, 0.6) is 17.2 Å². The zero-order chi connectivity index (χ0) is 18.6. The summed E-state index contributed by atoms with van der Waals surface area (Å²) in [6.45, 7) is 3.28. The van der Waals surface area contributed by atoms with Crippen LogP contribution in [0.4, 0.5) is 0 Å². The summed E-state index contributed by atoms with van der Waals surface area (Å²) in [7, 11) is 1.66. The third kappa shape index (κ3) is 4.18. The van der Waals surface area contributed by atoms with Gasteiger partial charge in [-0.25, -0.2) is 0 Å². The molecule has 0 aliphatic carbocycles. The van der Waals surface area contributed by atoms with Crippen molar-refractivity contribution in [3.63, 3.8) is 0 Å². The summed E-state index contributed by atoms with van der Waals surface area (Å²) in [5.74, 6) is 2.37. The van der Waals surface area contributed by atoms with Gasteiger partial charge in [-0.2, -0.15) is 0 Å². The normalized spacial score (nSPS) is 18.2. The van der Waals surface area contributed by atoms with E-state index in [9.17, 15) is 4.79 Å². The van der Waals surface area contributed by atoms with Crippen LogP contribution in [0.15, 0.2) is 42.5 Å². The van der Waals surface area contributed by atoms with Crippen LogP contribution in [0.25, 0.3) is 0 Å². The summed E-state index contributed by atoms with van der Waals surface area (Å²) in [5, 5.41) is 3.39. The first kappa shape index (κ1) is 20.3. The van der Waals surface area contributed by atoms with Crippen molar-refractivity contribution in [1.29, 1.82) is 0 Å². The maximum absolute atomic E-state index is 13.1. The van der Waals surface area contributed by atoms with Crippen LogP contribution < -0.4 is 19.5 Å². The number of carbonyl (C=O) groups excluding carboxylic acids is 1. The molecule has 0 spiro atoms. The summed E-state index contributed by atoms with van der Waals surface area (Å²) in [5.41, 5.74) is 1.96. The number of rotatable bonds is 4. The van der Waals surface area contributed by atoms with Crippen LogP contribution >= 0.6 is 12.4 Å². The molecule has 1 saturated heterocycles. The number of hydrogen-bond acceptors (Lipinski definition) is 5. The zero-order valence-corrected chi connectivity index (χ0v) is 16.7. The molecule has 1 fully saturated rings. The van der Waals surface area contributed by atoms with Gasteiger partial charge in [-0.3, -0.25) is 4.79 Å². The van der Waals surface area contributed by atoms with E-state index < -0.39 is 0 Å². The topological polar surface area (TPSA) is 60.0 Å². The fourth-order valence-electron chi connectivity index (χ4n) is 3.70. The van der Waals surface area contributed by atoms with Gasteiger partial charge in [-0.1, -0.05) is 24.3 Å². The van der Waals surface area contributed by atoms with Crippen molar-refractivity contribution in [2.24, 2.45) is 0 Å². The molecule has 0 radical (unpaired) electrons. The maximum Gasteiger partial charge on any atom is 0.227 e. The number of nitrogens with zero attached hydrogens (tertiary/aromatic N) is 1. The SMILES string of the molecule is COc1ccccc1C1CNCCN1C(=O)Cc1ccc2c(c1)OCCO2.Cl. The molecule has 6 nitrogen and oxygen atoms in total. The average Bonchev–Trinajstić information content (AvgIpc) is 2.73. The number of piperazine rings is 1. The standard InChI is InChI=1S/C21H24N2O4.ClH/c1-25-18-5-3-2-4-16(18)17-14-22-8-9-23(17)21(24)13-15-6-7-19-20(12-15)27-11-10-26-19;/h2-7,12,17,22H,8-11,13-14H2,1H3;1H. The molecule has 4 rings (SSSR count). The number of carbonyl (C=O) groups is 1. The molecule has 2 heterocycles. The van der Waals surface area contributed by atoms with Gasteiger partial charge < -0.3 is 24.4 Å². The number of hydrogen-bond donors (Lipinski definition) is 1. The first-order valence-corrected chi connectivity index (χ1v) is 9.28. The van der Waals surface area contributed by atoms with E-state index >= 15 is 0 Å². The lowest BCUT2D eigenvalue weighted by molar-refractivity contribution is -0.133. The Bertz CT molecular complexity index is 830. The Hall–Kier alpha value is -2.44. The summed E-state index contributed by atoms with van der Waals surface area (Å²) in [6, 6.07) is 13.6. The molecule has 2 aromatic rings. The fraction of sp³-hybridized carbons (Fsp3) is 0.381. The van der Waals surface area contributed by atoms with E-state index in [-0.39, 0.29) is 24.4 Å². The minimum atomic E-state index is -0.0420. The highest BCUT2D eigenvalue weighted by Crippen LogP contribution is 2.33. The minimum absolute atomic E-state index is 0. The monoisotopic (exact) mass is 404 g/mol. The largest absolute Gasteiger partial charge is 0.496 e. The maximum atomic E-state index is 13.1. The van der Waals surface area contributed by atoms with Crippen LogP contribution in [0.2, 0.25) is 0 Å². The predicted molar refractivity (Wildman–Crippen MR) is 109 cm³/mol. The van der Waals surface area contributed by atoms with Crippen molar-refractivity contribution in [3.8, 4) is 17.2 Å². The number of nitrogens with one attached hydrogen (secondary N) is 1. The van der Waals surface area contributed by atoms with Gasteiger partial charge in [0.1, 0.15) is 19.0 Å². The van der Waals surface area contributed by atoms with Crippen LogP contribution in [0, 0.1) is 0 Å². The number of halogens is 1. The highest BCUT2D eigenvalue weighted by atomic mass is 35.5. The highest BCUT2D eigenvalue weighted by molar-refractivity contribution is 5.85. The first-order valence-electron chi connectivity index (χ1n) is 9.28. The molecule has 2 aromatic carbocycles. The average molecular weight is 405 g/mol. The molecule has 0 aromatic heterocycles. The number of fused-ring (bicyclic) bond motifs is 1. The van der Waals surface area contributed by atoms with Crippen molar-refractivity contribution in [2.75, 3.05) is 40.0 Å². The quantitative estimate of drug-likeness (QED) is 0.848. The van der Waals surface area contributed by atoms with Gasteiger partial charge in [0, 0.05) is 25.2 Å². The molecule has 7 heteroatoms. The Balaban J connectivity index is 0.00000225. The third-order valence-electron chi connectivity index (χ3n) is 5.02. The van der Waals surface area contributed by atoms with Gasteiger partial charge in [0.05, 0.1) is 19.6 Å². The van der Waals surface area contributed by atoms with Crippen molar-refractivity contribution in [3.05, 3.63) is 53.6 Å². The number of ether oxygens (including phenoxy) is 3. The Morgan fingerprint density at radius 1 is 1.18 bits per heavy atom. The Labute approximate surface area is 171 Å². The summed E-state index contributed by atoms with van der Waals surface area (Å²) in [4.78, 5) is 15.1. The molecule has 0 bridgehead atoms. The highest BCUT2D eigenvalue weighted by Gasteiger charge is 2.29. The summed E-state index contributed by atoms with van der Waals surface area (Å²) < 4.78 is 16.7. The second-order valence-electron chi connectivity index (χ2n) is 6.70. The van der Waals surface area contributed by atoms with Crippen LogP contribution in [-0.2, 0) is 11.2 Å². The van der Waals surface area contributed by atoms with E-state index in [4.69, 9.17) is 14.2 Å². The number of methoxy groups -OCH3 is 1. The van der Waals surface area contributed by atoms with Crippen LogP contribution in [0.1, 0.15) is 17.2 Å². The smallest absolute Gasteiger partial charge is 0.227 e. The Morgan fingerprint density at radius 3 is 2.79 bits per heavy atom. The van der Waals surface area contributed by atoms with Crippen LogP contribution in [-0.4, -0.2) is 50.8 Å². The van der Waals surface area contributed by atoms with Gasteiger partial charge >= 0.3 is 0 Å². The molecule has 2 aliphatic heterocycles. The predicted octanol–water partition coefficient (Wildman–Crippen LogP) is 2.60. The van der Waals surface area contributed by atoms with E-state index in [0.29, 0.717) is 38.5 Å². The molecule has 150 valence electrons. The van der Waals surface area contributed by atoms with Gasteiger partial charge in [0.15, 0.2) is 11.5 Å². The van der Waals surface area contributed by atoms with Gasteiger partial charge in [0.25, 0.3) is 0 Å². The van der Waals surface area contributed by atoms with E-state index in [0.717, 1.165) is 29.2 Å². The minimum Gasteiger partial charge on any atom is -0.496 e. The Kier molecular flexibility index (Phi) is 6.65. The van der Waals surface area contributed by atoms with E-state index in [2.05, 4.69) is 5.32 Å². The summed E-state index contributed by atoms with van der Waals surface area (Å²) >= 11 is 0. The second kappa shape index (κ2) is 9.17. The molecular weight excluding hydrogens is 380 g/mol. The lowest BCUT2D eigenvalue weighted by Gasteiger charge is -2.37. The number of para-hydroxylation sites is 1. The molecule has 1 N–H and O–H groups in total. The molecule has 1 amide bonds. The Morgan fingerprint density at radius 2 is 1.96 bits per heavy atom. The van der Waals surface area contributed by atoms with Crippen molar-refractivity contribution < 1.29 is 19.0 Å². The van der Waals surface area contributed by atoms with Crippen LogP contribution in [0.3, 0.4) is 0 Å². The van der Waals surface area contributed by atoms with Gasteiger partial charge in [0.2, 0.25) is 5.91 Å². The second-order valence-corrected chi connectivity index (χ2v) is 6.70. The molecule has 1 atom stereocenters. The molecular formula is C21H25ClN2O4. The first-order chi connectivity index (χ1) is 13.3. The number of benzene rings is 2. The number of amides is 1. The molecule has 28 heavy (non-hydrogen) atoms. The van der Waals surface area contributed by atoms with E-state index in [1.807, 2.05) is 47.4 Å². The fourth-order valence-corrected chi connectivity index (χ4v) is 3.70. The van der Waals surface area contributed by atoms with Crippen molar-refractivity contribution >= 4 is 18.3 Å². The molecule has 1 unspecified atom stereocenters.